The van der Waals surface area contributed by atoms with Crippen LogP contribution in [0.4, 0.5) is 0 Å². The minimum absolute atomic E-state index is 0.232. The molecule has 0 aliphatic carbocycles. The summed E-state index contributed by atoms with van der Waals surface area (Å²) >= 11 is 0. The van der Waals surface area contributed by atoms with Crippen molar-refractivity contribution in [2.45, 2.75) is 402 Å². The van der Waals surface area contributed by atoms with Crippen LogP contribution >= 0.6 is 0 Å². The van der Waals surface area contributed by atoms with Crippen LogP contribution in [0.5, 0.6) is 0 Å². The Hall–Kier alpha value is -1.53. The Morgan fingerprint density at radius 3 is 1.12 bits per heavy atom. The van der Waals surface area contributed by atoms with Crippen LogP contribution in [0.2, 0.25) is 0 Å². The minimum atomic E-state index is -1.79. The lowest BCUT2D eigenvalue weighted by atomic mass is 9.97. The molecule has 9 N–H and O–H groups in total. The summed E-state index contributed by atoms with van der Waals surface area (Å²) in [6, 6.07) is -0.912. The van der Waals surface area contributed by atoms with Crippen LogP contribution in [0, 0.1) is 0 Å². The Balaban J connectivity index is 1.62. The molecular weight excluding hydrogens is 1070 g/mol. The number of aliphatic hydroxyl groups excluding tert-OH is 8. The van der Waals surface area contributed by atoms with Crippen molar-refractivity contribution in [2.24, 2.45) is 0 Å². The maximum Gasteiger partial charge on any atom is 0.220 e. The fourth-order valence-electron chi connectivity index (χ4n) is 12.1. The van der Waals surface area contributed by atoms with Crippen LogP contribution < -0.4 is 5.32 Å². The Morgan fingerprint density at radius 2 is 0.741 bits per heavy atom. The first-order valence-corrected chi connectivity index (χ1v) is 36.1. The Kier molecular flexibility index (Phi) is 52.8. The molecule has 0 bridgehead atoms. The third-order valence-corrected chi connectivity index (χ3v) is 17.9. The fourth-order valence-corrected chi connectivity index (χ4v) is 12.1. The van der Waals surface area contributed by atoms with E-state index in [0.717, 1.165) is 38.5 Å². The molecule has 14 heteroatoms. The highest BCUT2D eigenvalue weighted by atomic mass is 16.7. The summed E-state index contributed by atoms with van der Waals surface area (Å²) in [5, 5.41) is 87.4. The first kappa shape index (κ1) is 79.6. The Morgan fingerprint density at radius 1 is 0.412 bits per heavy atom. The zero-order valence-corrected chi connectivity index (χ0v) is 54.6. The highest BCUT2D eigenvalue weighted by Gasteiger charge is 2.51. The van der Waals surface area contributed by atoms with Gasteiger partial charge in [-0.05, 0) is 44.9 Å². The zero-order chi connectivity index (χ0) is 61.6. The molecule has 14 nitrogen and oxygen atoms in total. The summed E-state index contributed by atoms with van der Waals surface area (Å²) in [7, 11) is 0. The van der Waals surface area contributed by atoms with Crippen molar-refractivity contribution in [3.63, 3.8) is 0 Å². The second kappa shape index (κ2) is 56.5. The Labute approximate surface area is 519 Å². The normalized spacial score (nSPS) is 23.6. The van der Waals surface area contributed by atoms with Crippen molar-refractivity contribution in [3.8, 4) is 0 Å². The highest BCUT2D eigenvalue weighted by molar-refractivity contribution is 5.76. The number of nitrogens with one attached hydrogen (secondary N) is 1. The van der Waals surface area contributed by atoms with Crippen LogP contribution in [-0.4, -0.2) is 140 Å². The van der Waals surface area contributed by atoms with E-state index in [1.807, 2.05) is 6.08 Å². The monoisotopic (exact) mass is 1210 g/mol. The number of hydrogen-bond acceptors (Lipinski definition) is 13. The van der Waals surface area contributed by atoms with Crippen molar-refractivity contribution in [1.29, 1.82) is 0 Å². The van der Waals surface area contributed by atoms with Crippen LogP contribution in [0.25, 0.3) is 0 Å². The third kappa shape index (κ3) is 40.8. The average Bonchev–Trinajstić information content (AvgIpc) is 3.29. The molecular formula is C71H135NO13. The van der Waals surface area contributed by atoms with Crippen molar-refractivity contribution in [2.75, 3.05) is 19.8 Å². The molecule has 12 atom stereocenters. The smallest absolute Gasteiger partial charge is 0.220 e. The second-order valence-corrected chi connectivity index (χ2v) is 25.7. The summed E-state index contributed by atoms with van der Waals surface area (Å²) in [5.41, 5.74) is 0. The number of rotatable bonds is 60. The topological polar surface area (TPSA) is 228 Å². The Bertz CT molecular complexity index is 1520. The molecule has 0 aromatic carbocycles. The lowest BCUT2D eigenvalue weighted by Gasteiger charge is -2.46. The van der Waals surface area contributed by atoms with Gasteiger partial charge >= 0.3 is 0 Å². The average molecular weight is 1210 g/mol. The highest BCUT2D eigenvalue weighted by Crippen LogP contribution is 2.30. The number of allylic oxidation sites excluding steroid dienone is 3. The molecule has 0 spiro atoms. The van der Waals surface area contributed by atoms with Crippen LogP contribution in [0.15, 0.2) is 24.3 Å². The molecule has 2 saturated heterocycles. The molecule has 2 aliphatic heterocycles. The van der Waals surface area contributed by atoms with E-state index in [2.05, 4.69) is 31.3 Å². The largest absolute Gasteiger partial charge is 0.394 e. The van der Waals surface area contributed by atoms with Crippen molar-refractivity contribution in [3.05, 3.63) is 24.3 Å². The molecule has 2 fully saturated rings. The van der Waals surface area contributed by atoms with Gasteiger partial charge in [-0.25, -0.2) is 0 Å². The van der Waals surface area contributed by atoms with Gasteiger partial charge in [-0.1, -0.05) is 301 Å². The van der Waals surface area contributed by atoms with Crippen molar-refractivity contribution >= 4 is 5.91 Å². The molecule has 12 unspecified atom stereocenters. The van der Waals surface area contributed by atoms with E-state index in [9.17, 15) is 45.6 Å². The van der Waals surface area contributed by atoms with Gasteiger partial charge in [0.05, 0.1) is 32.0 Å². The zero-order valence-electron chi connectivity index (χ0n) is 54.6. The quantitative estimate of drug-likeness (QED) is 0.0204. The summed E-state index contributed by atoms with van der Waals surface area (Å²) in [6.07, 6.45) is 53.9. The van der Waals surface area contributed by atoms with Gasteiger partial charge in [-0.2, -0.15) is 0 Å². The molecule has 85 heavy (non-hydrogen) atoms. The minimum Gasteiger partial charge on any atom is -0.394 e. The van der Waals surface area contributed by atoms with Crippen molar-refractivity contribution in [1.82, 2.24) is 5.32 Å². The summed E-state index contributed by atoms with van der Waals surface area (Å²) in [5.74, 6) is -0.232. The number of amides is 1. The van der Waals surface area contributed by atoms with Gasteiger partial charge in [-0.3, -0.25) is 4.79 Å². The van der Waals surface area contributed by atoms with Crippen LogP contribution in [0.1, 0.15) is 328 Å². The van der Waals surface area contributed by atoms with Gasteiger partial charge in [0, 0.05) is 6.42 Å². The van der Waals surface area contributed by atoms with Crippen molar-refractivity contribution < 1.29 is 64.6 Å². The van der Waals surface area contributed by atoms with E-state index in [1.54, 1.807) is 6.08 Å². The molecule has 2 heterocycles. The van der Waals surface area contributed by atoms with E-state index >= 15 is 0 Å². The number of hydrogen-bond donors (Lipinski definition) is 9. The van der Waals surface area contributed by atoms with Gasteiger partial charge in [0.15, 0.2) is 12.6 Å². The molecule has 0 radical (unpaired) electrons. The van der Waals surface area contributed by atoms with Crippen LogP contribution in [-0.2, 0) is 23.7 Å². The van der Waals surface area contributed by atoms with Gasteiger partial charge in [-0.15, -0.1) is 0 Å². The lowest BCUT2D eigenvalue weighted by molar-refractivity contribution is -0.359. The second-order valence-electron chi connectivity index (χ2n) is 25.7. The molecule has 1 amide bonds. The van der Waals surface area contributed by atoms with E-state index in [0.29, 0.717) is 6.42 Å². The van der Waals surface area contributed by atoms with Gasteiger partial charge < -0.3 is 65.1 Å². The number of carbonyl (C=O) groups excluding carboxylic acids is 1. The fraction of sp³-hybridized carbons (Fsp3) is 0.930. The summed E-state index contributed by atoms with van der Waals surface area (Å²) in [4.78, 5) is 13.3. The van der Waals surface area contributed by atoms with Gasteiger partial charge in [0.1, 0.15) is 48.8 Å². The van der Waals surface area contributed by atoms with Crippen LogP contribution in [0.3, 0.4) is 0 Å². The van der Waals surface area contributed by atoms with E-state index in [4.69, 9.17) is 18.9 Å². The predicted octanol–water partition coefficient (Wildman–Crippen LogP) is 14.7. The molecule has 2 aliphatic rings. The number of carbonyl (C=O) groups is 1. The number of ether oxygens (including phenoxy) is 4. The maximum absolute atomic E-state index is 13.3. The predicted molar refractivity (Wildman–Crippen MR) is 346 cm³/mol. The number of aliphatic hydroxyl groups is 8. The molecule has 0 aromatic heterocycles. The molecule has 0 aromatic rings. The lowest BCUT2D eigenvalue weighted by Crippen LogP contribution is -2.65. The van der Waals surface area contributed by atoms with Gasteiger partial charge in [0.25, 0.3) is 0 Å². The molecule has 2 rings (SSSR count). The first-order chi connectivity index (χ1) is 41.6. The molecule has 502 valence electrons. The number of unbranched alkanes of at least 4 members (excludes halogenated alkanes) is 45. The van der Waals surface area contributed by atoms with E-state index < -0.39 is 86.8 Å². The summed E-state index contributed by atoms with van der Waals surface area (Å²) in [6.45, 7) is 2.85. The molecule has 0 saturated carbocycles. The SMILES string of the molecule is CCCCCCCCCC/C=C\CCCCCCCCCCCCCCCCCCCCCCCC(=O)NC(COC1OC(CO)C(OC2OC(CO)C(O)C(O)C2O)C(O)C1O)C(O)/C=C/CCCCCCCCCCCCCCCCCC. The van der Waals surface area contributed by atoms with Gasteiger partial charge in [0.2, 0.25) is 5.91 Å². The van der Waals surface area contributed by atoms with E-state index in [1.165, 1.54) is 263 Å². The van der Waals surface area contributed by atoms with E-state index in [-0.39, 0.29) is 18.9 Å². The third-order valence-electron chi connectivity index (χ3n) is 17.9. The first-order valence-electron chi connectivity index (χ1n) is 36.1. The standard InChI is InChI=1S/C71H135NO13/c1-3-5-7-9-11-13-15-17-19-21-23-24-25-26-27-28-29-30-31-32-33-34-35-36-37-39-41-43-45-47-49-51-53-55-63(76)72-59(60(75)54-52-50-48-46-44-42-40-38-22-20-18-16-14-12-10-8-6-4-2)58-82-70-68(81)66(79)69(62(57-74)84-70)85-71-67(80)65(78)64(77)61(56-73)83-71/h21,23,52,54,59-62,64-71,73-75,77-81H,3-20,22,24-51,53,55-58H2,1-2H3,(H,72,76)/b23-21-,54-52+. The summed E-state index contributed by atoms with van der Waals surface area (Å²) < 4.78 is 22.9. The maximum atomic E-state index is 13.3.